The van der Waals surface area contributed by atoms with Crippen LogP contribution in [0.25, 0.3) is 0 Å². The Hall–Kier alpha value is -1.07. The molecule has 2 rings (SSSR count). The lowest BCUT2D eigenvalue weighted by molar-refractivity contribution is 0.0184. The standard InChI is InChI=1S/C16H26N2O2S/c1-16(2,3)20-15(19)18-7-4-13(5-8-18)10-17-11-14-6-9-21-12-14/h6,9,12-13,17H,4-5,7-8,10-11H2,1-3H3. The Bertz CT molecular complexity index is 432. The second-order valence-electron chi connectivity index (χ2n) is 6.67. The largest absolute Gasteiger partial charge is 0.444 e. The lowest BCUT2D eigenvalue weighted by Crippen LogP contribution is -2.43. The van der Waals surface area contributed by atoms with Crippen LogP contribution in [0.3, 0.4) is 0 Å². The number of likely N-dealkylation sites (tertiary alicyclic amines) is 1. The molecule has 5 heteroatoms. The maximum atomic E-state index is 12.0. The highest BCUT2D eigenvalue weighted by molar-refractivity contribution is 7.07. The van der Waals surface area contributed by atoms with E-state index in [0.717, 1.165) is 39.0 Å². The lowest BCUT2D eigenvalue weighted by atomic mass is 9.97. The number of carbonyl (C=O) groups excluding carboxylic acids is 1. The molecule has 1 N–H and O–H groups in total. The molecular formula is C16H26N2O2S. The van der Waals surface area contributed by atoms with Crippen LogP contribution < -0.4 is 5.32 Å². The van der Waals surface area contributed by atoms with E-state index >= 15 is 0 Å². The topological polar surface area (TPSA) is 41.6 Å². The fourth-order valence-corrected chi connectivity index (χ4v) is 3.13. The van der Waals surface area contributed by atoms with Gasteiger partial charge >= 0.3 is 6.09 Å². The second-order valence-corrected chi connectivity index (χ2v) is 7.45. The summed E-state index contributed by atoms with van der Waals surface area (Å²) in [6.07, 6.45) is 1.93. The van der Waals surface area contributed by atoms with Gasteiger partial charge in [0, 0.05) is 19.6 Å². The van der Waals surface area contributed by atoms with Gasteiger partial charge in [-0.1, -0.05) is 0 Å². The summed E-state index contributed by atoms with van der Waals surface area (Å²) < 4.78 is 5.42. The third kappa shape index (κ3) is 5.67. The number of thiophene rings is 1. The Balaban J connectivity index is 1.65. The SMILES string of the molecule is CC(C)(C)OC(=O)N1CCC(CNCc2ccsc2)CC1. The summed E-state index contributed by atoms with van der Waals surface area (Å²) in [5.74, 6) is 0.655. The summed E-state index contributed by atoms with van der Waals surface area (Å²) in [7, 11) is 0. The zero-order valence-corrected chi connectivity index (χ0v) is 14.0. The number of nitrogens with one attached hydrogen (secondary N) is 1. The van der Waals surface area contributed by atoms with Crippen molar-refractivity contribution in [1.82, 2.24) is 10.2 Å². The molecule has 0 aliphatic carbocycles. The van der Waals surface area contributed by atoms with Crippen LogP contribution in [0.2, 0.25) is 0 Å². The fraction of sp³-hybridized carbons (Fsp3) is 0.688. The van der Waals surface area contributed by atoms with Crippen LogP contribution in [-0.4, -0.2) is 36.2 Å². The molecule has 1 amide bonds. The Kier molecular flexibility index (Phi) is 5.65. The van der Waals surface area contributed by atoms with E-state index in [0.29, 0.717) is 5.92 Å². The predicted molar refractivity (Wildman–Crippen MR) is 86.6 cm³/mol. The minimum atomic E-state index is -0.407. The van der Waals surface area contributed by atoms with Crippen LogP contribution in [-0.2, 0) is 11.3 Å². The Morgan fingerprint density at radius 3 is 2.71 bits per heavy atom. The molecule has 0 aromatic carbocycles. The Morgan fingerprint density at radius 1 is 1.43 bits per heavy atom. The number of hydrogen-bond donors (Lipinski definition) is 1. The fourth-order valence-electron chi connectivity index (χ4n) is 2.46. The molecule has 1 aromatic heterocycles. The normalized spacial score (nSPS) is 17.0. The van der Waals surface area contributed by atoms with Crippen molar-refractivity contribution in [3.8, 4) is 0 Å². The van der Waals surface area contributed by atoms with Crippen molar-refractivity contribution in [1.29, 1.82) is 0 Å². The number of hydrogen-bond acceptors (Lipinski definition) is 4. The van der Waals surface area contributed by atoms with Gasteiger partial charge in [-0.05, 0) is 68.5 Å². The molecule has 0 unspecified atom stereocenters. The maximum absolute atomic E-state index is 12.0. The third-order valence-electron chi connectivity index (χ3n) is 3.61. The van der Waals surface area contributed by atoms with Crippen LogP contribution in [0.4, 0.5) is 4.79 Å². The molecule has 21 heavy (non-hydrogen) atoms. The summed E-state index contributed by atoms with van der Waals surface area (Å²) in [6.45, 7) is 9.30. The van der Waals surface area contributed by atoms with Gasteiger partial charge < -0.3 is 15.0 Å². The van der Waals surface area contributed by atoms with Gasteiger partial charge in [0.2, 0.25) is 0 Å². The van der Waals surface area contributed by atoms with Gasteiger partial charge in [0.1, 0.15) is 5.60 Å². The highest BCUT2D eigenvalue weighted by atomic mass is 32.1. The van der Waals surface area contributed by atoms with Gasteiger partial charge in [-0.3, -0.25) is 0 Å². The average molecular weight is 310 g/mol. The highest BCUT2D eigenvalue weighted by Crippen LogP contribution is 2.19. The Morgan fingerprint density at radius 2 is 2.14 bits per heavy atom. The van der Waals surface area contributed by atoms with E-state index in [1.807, 2.05) is 25.7 Å². The first-order valence-corrected chi connectivity index (χ1v) is 8.58. The number of ether oxygens (including phenoxy) is 1. The third-order valence-corrected chi connectivity index (χ3v) is 4.34. The minimum absolute atomic E-state index is 0.174. The van der Waals surface area contributed by atoms with Crippen molar-refractivity contribution in [3.63, 3.8) is 0 Å². The molecule has 0 atom stereocenters. The molecule has 0 bridgehead atoms. The molecular weight excluding hydrogens is 284 g/mol. The zero-order chi connectivity index (χ0) is 15.3. The van der Waals surface area contributed by atoms with E-state index in [1.165, 1.54) is 5.56 Å². The van der Waals surface area contributed by atoms with E-state index < -0.39 is 5.60 Å². The van der Waals surface area contributed by atoms with Gasteiger partial charge in [-0.25, -0.2) is 4.79 Å². The number of carbonyl (C=O) groups is 1. The molecule has 1 aromatic rings. The monoisotopic (exact) mass is 310 g/mol. The summed E-state index contributed by atoms with van der Waals surface area (Å²) in [4.78, 5) is 13.8. The molecule has 4 nitrogen and oxygen atoms in total. The van der Waals surface area contributed by atoms with E-state index in [1.54, 1.807) is 11.3 Å². The molecule has 0 radical (unpaired) electrons. The lowest BCUT2D eigenvalue weighted by Gasteiger charge is -2.33. The van der Waals surface area contributed by atoms with Crippen LogP contribution in [0, 0.1) is 5.92 Å². The van der Waals surface area contributed by atoms with Gasteiger partial charge in [-0.15, -0.1) is 0 Å². The summed E-state index contributed by atoms with van der Waals surface area (Å²) in [5.41, 5.74) is 0.946. The van der Waals surface area contributed by atoms with Crippen molar-refractivity contribution in [2.75, 3.05) is 19.6 Å². The van der Waals surface area contributed by atoms with Crippen molar-refractivity contribution in [3.05, 3.63) is 22.4 Å². The molecule has 1 aliphatic rings. The molecule has 0 saturated carbocycles. The van der Waals surface area contributed by atoms with E-state index in [4.69, 9.17) is 4.74 Å². The Labute approximate surface area is 131 Å². The van der Waals surface area contributed by atoms with Crippen LogP contribution >= 0.6 is 11.3 Å². The van der Waals surface area contributed by atoms with E-state index in [9.17, 15) is 4.79 Å². The number of amides is 1. The van der Waals surface area contributed by atoms with Crippen LogP contribution in [0.1, 0.15) is 39.2 Å². The minimum Gasteiger partial charge on any atom is -0.444 e. The number of piperidine rings is 1. The van der Waals surface area contributed by atoms with Crippen LogP contribution in [0.15, 0.2) is 16.8 Å². The zero-order valence-electron chi connectivity index (χ0n) is 13.2. The maximum Gasteiger partial charge on any atom is 0.410 e. The van der Waals surface area contributed by atoms with Gasteiger partial charge in [0.05, 0.1) is 0 Å². The van der Waals surface area contributed by atoms with Crippen molar-refractivity contribution >= 4 is 17.4 Å². The first kappa shape index (κ1) is 16.3. The van der Waals surface area contributed by atoms with Crippen molar-refractivity contribution in [2.45, 2.75) is 45.8 Å². The van der Waals surface area contributed by atoms with Gasteiger partial charge in [0.25, 0.3) is 0 Å². The van der Waals surface area contributed by atoms with Crippen molar-refractivity contribution < 1.29 is 9.53 Å². The molecule has 1 saturated heterocycles. The molecule has 118 valence electrons. The summed E-state index contributed by atoms with van der Waals surface area (Å²) >= 11 is 1.74. The van der Waals surface area contributed by atoms with Crippen molar-refractivity contribution in [2.24, 2.45) is 5.92 Å². The first-order valence-electron chi connectivity index (χ1n) is 7.64. The summed E-state index contributed by atoms with van der Waals surface area (Å²) in [6, 6.07) is 2.16. The smallest absolute Gasteiger partial charge is 0.410 e. The van der Waals surface area contributed by atoms with Gasteiger partial charge in [-0.2, -0.15) is 11.3 Å². The molecule has 1 aliphatic heterocycles. The quantitative estimate of drug-likeness (QED) is 0.925. The average Bonchev–Trinajstić information content (AvgIpc) is 2.91. The summed E-state index contributed by atoms with van der Waals surface area (Å²) in [5, 5.41) is 7.80. The van der Waals surface area contributed by atoms with Gasteiger partial charge in [0.15, 0.2) is 0 Å². The predicted octanol–water partition coefficient (Wildman–Crippen LogP) is 3.48. The van der Waals surface area contributed by atoms with Crippen LogP contribution in [0.5, 0.6) is 0 Å². The second kappa shape index (κ2) is 7.27. The molecule has 0 spiro atoms. The number of nitrogens with zero attached hydrogens (tertiary/aromatic N) is 1. The first-order chi connectivity index (χ1) is 9.94. The highest BCUT2D eigenvalue weighted by Gasteiger charge is 2.26. The molecule has 2 heterocycles. The number of rotatable bonds is 4. The van der Waals surface area contributed by atoms with E-state index in [-0.39, 0.29) is 6.09 Å². The molecule has 1 fully saturated rings. The van der Waals surface area contributed by atoms with E-state index in [2.05, 4.69) is 22.1 Å².